The molecule has 35 heavy (non-hydrogen) atoms. The zero-order valence-corrected chi connectivity index (χ0v) is 20.5. The Hall–Kier alpha value is -2.59. The number of benzene rings is 1. The van der Waals surface area contributed by atoms with E-state index in [1.54, 1.807) is 6.08 Å². The van der Waals surface area contributed by atoms with E-state index in [1.165, 1.54) is 17.3 Å². The van der Waals surface area contributed by atoms with Gasteiger partial charge in [-0.1, -0.05) is 13.8 Å². The molecule has 5 N–H and O–H groups in total. The zero-order chi connectivity index (χ0) is 26.0. The summed E-state index contributed by atoms with van der Waals surface area (Å²) in [7, 11) is 0. The van der Waals surface area contributed by atoms with Gasteiger partial charge < -0.3 is 21.7 Å². The van der Waals surface area contributed by atoms with Crippen LogP contribution in [0, 0.1) is 17.5 Å². The predicted molar refractivity (Wildman–Crippen MR) is 129 cm³/mol. The number of carbonyl (C=O) groups is 1. The highest BCUT2D eigenvalue weighted by molar-refractivity contribution is 5.85. The summed E-state index contributed by atoms with van der Waals surface area (Å²) in [5.74, 6) is -3.33. The van der Waals surface area contributed by atoms with Gasteiger partial charge in [0.1, 0.15) is 17.5 Å². The minimum absolute atomic E-state index is 0.0765. The summed E-state index contributed by atoms with van der Waals surface area (Å²) in [4.78, 5) is 16.5. The van der Waals surface area contributed by atoms with E-state index < -0.39 is 29.0 Å². The second-order valence-corrected chi connectivity index (χ2v) is 8.64. The standard InChI is InChI=1S/C23H31F4N5O.C2H6/c24-17-11-20(25)19(21(26)12-17)14-30-18-2-7-32(8-3-18)22(33)23(27)4-9-31(10-5-23)15-16(13-29)1-6-28;1-2/h1,6,11-13,18,30H,2-5,7-10,14-15,28-29H2;1-2H3/b6-1-,16-13+;. The molecule has 0 unspecified atom stereocenters. The molecular formula is C25H37F4N5O. The molecule has 0 saturated carbocycles. The Kier molecular flexibility index (Phi) is 11.0. The third-order valence-corrected chi connectivity index (χ3v) is 6.42. The Morgan fingerprint density at radius 1 is 1.09 bits per heavy atom. The van der Waals surface area contributed by atoms with Gasteiger partial charge in [0.25, 0.3) is 5.91 Å². The van der Waals surface area contributed by atoms with Crippen LogP contribution in [0.1, 0.15) is 45.1 Å². The van der Waals surface area contributed by atoms with Crippen molar-refractivity contribution in [2.45, 2.75) is 57.8 Å². The van der Waals surface area contributed by atoms with Crippen LogP contribution in [0.4, 0.5) is 17.6 Å². The van der Waals surface area contributed by atoms with Crippen LogP contribution in [0.3, 0.4) is 0 Å². The van der Waals surface area contributed by atoms with Gasteiger partial charge in [0, 0.05) is 75.8 Å². The van der Waals surface area contributed by atoms with Gasteiger partial charge in [-0.15, -0.1) is 0 Å². The number of nitrogens with one attached hydrogen (secondary N) is 1. The van der Waals surface area contributed by atoms with E-state index >= 15 is 4.39 Å². The van der Waals surface area contributed by atoms with Gasteiger partial charge >= 0.3 is 0 Å². The van der Waals surface area contributed by atoms with E-state index in [2.05, 4.69) is 5.32 Å². The molecule has 0 aliphatic carbocycles. The molecule has 2 heterocycles. The number of hydrogen-bond donors (Lipinski definition) is 3. The number of alkyl halides is 1. The highest BCUT2D eigenvalue weighted by Crippen LogP contribution is 2.30. The SMILES string of the molecule is CC.N/C=C\C(=C/N)CN1CCC(F)(C(=O)N2CCC(NCc3c(F)cc(F)cc3F)CC2)CC1. The van der Waals surface area contributed by atoms with Crippen molar-refractivity contribution in [2.24, 2.45) is 11.5 Å². The fourth-order valence-electron chi connectivity index (χ4n) is 4.38. The molecule has 1 aromatic rings. The first-order valence-electron chi connectivity index (χ1n) is 12.1. The average molecular weight is 500 g/mol. The summed E-state index contributed by atoms with van der Waals surface area (Å²) in [6, 6.07) is 1.22. The lowest BCUT2D eigenvalue weighted by Gasteiger charge is -2.40. The summed E-state index contributed by atoms with van der Waals surface area (Å²) in [6.45, 7) is 6.05. The van der Waals surface area contributed by atoms with Gasteiger partial charge in [0.05, 0.1) is 0 Å². The molecule has 0 aromatic heterocycles. The maximum atomic E-state index is 15.5. The van der Waals surface area contributed by atoms with Crippen molar-refractivity contribution in [2.75, 3.05) is 32.7 Å². The highest BCUT2D eigenvalue weighted by Gasteiger charge is 2.44. The second kappa shape index (κ2) is 13.5. The minimum atomic E-state index is -1.90. The molecule has 0 bridgehead atoms. The Bertz CT molecular complexity index is 869. The molecule has 0 radical (unpaired) electrons. The molecule has 1 aromatic carbocycles. The van der Waals surface area contributed by atoms with Crippen LogP contribution >= 0.6 is 0 Å². The Labute approximate surface area is 205 Å². The molecule has 2 fully saturated rings. The minimum Gasteiger partial charge on any atom is -0.405 e. The van der Waals surface area contributed by atoms with Crippen molar-refractivity contribution in [3.63, 3.8) is 0 Å². The molecule has 10 heteroatoms. The Balaban J connectivity index is 0.00000210. The molecule has 2 aliphatic rings. The molecule has 3 rings (SSSR count). The van der Waals surface area contributed by atoms with Crippen LogP contribution in [0.5, 0.6) is 0 Å². The van der Waals surface area contributed by atoms with Gasteiger partial charge in [0.2, 0.25) is 0 Å². The lowest BCUT2D eigenvalue weighted by atomic mass is 9.90. The van der Waals surface area contributed by atoms with Crippen molar-refractivity contribution < 1.29 is 22.4 Å². The van der Waals surface area contributed by atoms with Gasteiger partial charge in [-0.05, 0) is 36.9 Å². The first kappa shape index (κ1) is 28.6. The van der Waals surface area contributed by atoms with Crippen LogP contribution in [0.15, 0.2) is 36.2 Å². The van der Waals surface area contributed by atoms with Crippen molar-refractivity contribution in [1.29, 1.82) is 0 Å². The molecule has 2 saturated heterocycles. The third kappa shape index (κ3) is 7.70. The van der Waals surface area contributed by atoms with Crippen molar-refractivity contribution >= 4 is 5.91 Å². The van der Waals surface area contributed by atoms with Crippen molar-refractivity contribution in [3.05, 3.63) is 59.2 Å². The van der Waals surface area contributed by atoms with Crippen molar-refractivity contribution in [1.82, 2.24) is 15.1 Å². The summed E-state index contributed by atoms with van der Waals surface area (Å²) in [5.41, 5.74) is 9.67. The smallest absolute Gasteiger partial charge is 0.260 e. The monoisotopic (exact) mass is 499 g/mol. The van der Waals surface area contributed by atoms with E-state index in [4.69, 9.17) is 11.5 Å². The fraction of sp³-hybridized carbons (Fsp3) is 0.560. The first-order chi connectivity index (χ1) is 16.8. The maximum absolute atomic E-state index is 15.5. The topological polar surface area (TPSA) is 87.6 Å². The quantitative estimate of drug-likeness (QED) is 0.396. The van der Waals surface area contributed by atoms with Crippen molar-refractivity contribution in [3.8, 4) is 0 Å². The fourth-order valence-corrected chi connectivity index (χ4v) is 4.38. The molecule has 0 atom stereocenters. The number of amides is 1. The third-order valence-electron chi connectivity index (χ3n) is 6.42. The van der Waals surface area contributed by atoms with E-state index in [0.717, 1.165) is 5.57 Å². The summed E-state index contributed by atoms with van der Waals surface area (Å²) in [5, 5.41) is 3.06. The van der Waals surface area contributed by atoms with Gasteiger partial charge in [-0.3, -0.25) is 9.69 Å². The van der Waals surface area contributed by atoms with Crippen LogP contribution in [-0.4, -0.2) is 60.1 Å². The van der Waals surface area contributed by atoms with Crippen LogP contribution < -0.4 is 16.8 Å². The number of hydrogen-bond acceptors (Lipinski definition) is 5. The summed E-state index contributed by atoms with van der Waals surface area (Å²) >= 11 is 0. The Morgan fingerprint density at radius 2 is 1.66 bits per heavy atom. The Morgan fingerprint density at radius 3 is 2.17 bits per heavy atom. The predicted octanol–water partition coefficient (Wildman–Crippen LogP) is 3.33. The van der Waals surface area contributed by atoms with E-state index in [0.29, 0.717) is 57.7 Å². The van der Waals surface area contributed by atoms with E-state index in [1.807, 2.05) is 18.7 Å². The highest BCUT2D eigenvalue weighted by atomic mass is 19.2. The number of rotatable bonds is 7. The number of likely N-dealkylation sites (tertiary alicyclic amines) is 2. The van der Waals surface area contributed by atoms with Crippen LogP contribution in [0.25, 0.3) is 0 Å². The second-order valence-electron chi connectivity index (χ2n) is 8.64. The van der Waals surface area contributed by atoms with Crippen LogP contribution in [-0.2, 0) is 11.3 Å². The van der Waals surface area contributed by atoms with E-state index in [-0.39, 0.29) is 31.0 Å². The zero-order valence-electron chi connectivity index (χ0n) is 20.5. The average Bonchev–Trinajstić information content (AvgIpc) is 2.85. The largest absolute Gasteiger partial charge is 0.405 e. The number of nitrogens with two attached hydrogens (primary N) is 2. The molecule has 1 amide bonds. The lowest BCUT2D eigenvalue weighted by molar-refractivity contribution is -0.148. The number of carbonyl (C=O) groups excluding carboxylic acids is 1. The normalized spacial score (nSPS) is 19.5. The number of nitrogens with zero attached hydrogens (tertiary/aromatic N) is 2. The summed E-state index contributed by atoms with van der Waals surface area (Å²) in [6.07, 6.45) is 5.84. The molecule has 2 aliphatic heterocycles. The molecule has 0 spiro atoms. The number of piperidine rings is 2. The molecule has 6 nitrogen and oxygen atoms in total. The number of halogens is 4. The molecular weight excluding hydrogens is 462 g/mol. The van der Waals surface area contributed by atoms with Gasteiger partial charge in [-0.25, -0.2) is 17.6 Å². The van der Waals surface area contributed by atoms with Crippen LogP contribution in [0.2, 0.25) is 0 Å². The van der Waals surface area contributed by atoms with Gasteiger partial charge in [0.15, 0.2) is 5.67 Å². The van der Waals surface area contributed by atoms with E-state index in [9.17, 15) is 18.0 Å². The lowest BCUT2D eigenvalue weighted by Crippen LogP contribution is -2.55. The maximum Gasteiger partial charge on any atom is 0.260 e. The molecule has 196 valence electrons. The van der Waals surface area contributed by atoms with Gasteiger partial charge in [-0.2, -0.15) is 0 Å². The first-order valence-corrected chi connectivity index (χ1v) is 12.1. The summed E-state index contributed by atoms with van der Waals surface area (Å²) < 4.78 is 56.1.